The number of hydrogen-bond acceptors (Lipinski definition) is 3. The molecular formula is C17H17NO2. The van der Waals surface area contributed by atoms with E-state index in [1.54, 1.807) is 6.20 Å². The van der Waals surface area contributed by atoms with Crippen LogP contribution in [0.2, 0.25) is 0 Å². The fourth-order valence-electron chi connectivity index (χ4n) is 1.88. The summed E-state index contributed by atoms with van der Waals surface area (Å²) in [5.41, 5.74) is 5.10. The van der Waals surface area contributed by atoms with Crippen LogP contribution in [0.15, 0.2) is 48.8 Å². The molecule has 0 fully saturated rings. The number of nitrogens with zero attached hydrogens (tertiary/aromatic N) is 1. The molecule has 1 heterocycles. The molecule has 0 saturated heterocycles. The van der Waals surface area contributed by atoms with Gasteiger partial charge in [-0.25, -0.2) is 4.79 Å². The van der Waals surface area contributed by atoms with Crippen molar-refractivity contribution in [2.24, 2.45) is 0 Å². The highest BCUT2D eigenvalue weighted by molar-refractivity contribution is 5.91. The quantitative estimate of drug-likeness (QED) is 0.629. The molecule has 0 saturated carbocycles. The van der Waals surface area contributed by atoms with Crippen LogP contribution in [0.4, 0.5) is 0 Å². The van der Waals surface area contributed by atoms with E-state index in [2.05, 4.69) is 40.9 Å². The topological polar surface area (TPSA) is 39.2 Å². The van der Waals surface area contributed by atoms with Gasteiger partial charge in [0.1, 0.15) is 0 Å². The van der Waals surface area contributed by atoms with Crippen LogP contribution in [0.1, 0.15) is 18.1 Å². The highest BCUT2D eigenvalue weighted by Crippen LogP contribution is 2.22. The molecule has 0 bridgehead atoms. The van der Waals surface area contributed by atoms with Gasteiger partial charge in [-0.05, 0) is 36.6 Å². The van der Waals surface area contributed by atoms with Gasteiger partial charge in [-0.2, -0.15) is 0 Å². The van der Waals surface area contributed by atoms with Crippen LogP contribution < -0.4 is 0 Å². The van der Waals surface area contributed by atoms with Crippen molar-refractivity contribution in [3.8, 4) is 11.1 Å². The van der Waals surface area contributed by atoms with Crippen molar-refractivity contribution in [1.82, 2.24) is 4.98 Å². The van der Waals surface area contributed by atoms with Crippen LogP contribution in [0.25, 0.3) is 16.7 Å². The number of aromatic nitrogens is 1. The molecule has 0 amide bonds. The molecule has 0 spiro atoms. The van der Waals surface area contributed by atoms with Crippen molar-refractivity contribution in [1.29, 1.82) is 0 Å². The minimum absolute atomic E-state index is 0.358. The number of allylic oxidation sites excluding steroid dienone is 1. The molecule has 0 atom stereocenters. The number of methoxy groups -OCH3 is 1. The van der Waals surface area contributed by atoms with Gasteiger partial charge in [0.2, 0.25) is 0 Å². The fraction of sp³-hybridized carbons (Fsp3) is 0.176. The molecule has 0 unspecified atom stereocenters. The number of carbonyl (C=O) groups is 1. The summed E-state index contributed by atoms with van der Waals surface area (Å²) in [5.74, 6) is -0.358. The smallest absolute Gasteiger partial charge is 0.330 e. The van der Waals surface area contributed by atoms with E-state index in [9.17, 15) is 4.79 Å². The Morgan fingerprint density at radius 3 is 2.50 bits per heavy atom. The number of aryl methyl sites for hydroxylation is 1. The zero-order valence-electron chi connectivity index (χ0n) is 11.9. The second kappa shape index (κ2) is 6.15. The van der Waals surface area contributed by atoms with Gasteiger partial charge in [0.15, 0.2) is 0 Å². The molecule has 102 valence electrons. The molecule has 3 heteroatoms. The number of rotatable bonds is 3. The molecule has 0 aliphatic carbocycles. The third-order valence-electron chi connectivity index (χ3n) is 3.11. The van der Waals surface area contributed by atoms with E-state index in [0.717, 1.165) is 22.3 Å². The summed E-state index contributed by atoms with van der Waals surface area (Å²) in [5, 5.41) is 0. The van der Waals surface area contributed by atoms with E-state index >= 15 is 0 Å². The van der Waals surface area contributed by atoms with Gasteiger partial charge in [0.05, 0.1) is 7.11 Å². The monoisotopic (exact) mass is 267 g/mol. The second-order valence-corrected chi connectivity index (χ2v) is 4.68. The average molecular weight is 267 g/mol. The number of benzene rings is 1. The van der Waals surface area contributed by atoms with Crippen LogP contribution in [-0.2, 0) is 9.53 Å². The highest BCUT2D eigenvalue weighted by atomic mass is 16.5. The van der Waals surface area contributed by atoms with Crippen molar-refractivity contribution >= 4 is 11.5 Å². The summed E-state index contributed by atoms with van der Waals surface area (Å²) in [6.07, 6.45) is 5.03. The zero-order chi connectivity index (χ0) is 14.5. The van der Waals surface area contributed by atoms with E-state index in [-0.39, 0.29) is 5.97 Å². The minimum Gasteiger partial charge on any atom is -0.466 e. The first-order valence-corrected chi connectivity index (χ1v) is 6.39. The third kappa shape index (κ3) is 3.32. The zero-order valence-corrected chi connectivity index (χ0v) is 11.9. The van der Waals surface area contributed by atoms with Crippen LogP contribution >= 0.6 is 0 Å². The lowest BCUT2D eigenvalue weighted by molar-refractivity contribution is -0.134. The molecule has 20 heavy (non-hydrogen) atoms. The lowest BCUT2D eigenvalue weighted by Gasteiger charge is -2.06. The van der Waals surface area contributed by atoms with E-state index in [1.165, 1.54) is 18.7 Å². The molecule has 2 rings (SSSR count). The van der Waals surface area contributed by atoms with Crippen LogP contribution in [0.3, 0.4) is 0 Å². The summed E-state index contributed by atoms with van der Waals surface area (Å²) >= 11 is 0. The summed E-state index contributed by atoms with van der Waals surface area (Å²) < 4.78 is 4.63. The Bertz CT molecular complexity index is 642. The van der Waals surface area contributed by atoms with Crippen LogP contribution in [-0.4, -0.2) is 18.1 Å². The van der Waals surface area contributed by atoms with Crippen LogP contribution in [0.5, 0.6) is 0 Å². The Hall–Kier alpha value is -2.42. The first-order valence-electron chi connectivity index (χ1n) is 6.39. The van der Waals surface area contributed by atoms with Gasteiger partial charge in [0.25, 0.3) is 0 Å². The van der Waals surface area contributed by atoms with Gasteiger partial charge >= 0.3 is 5.97 Å². The number of ether oxygens (including phenoxy) is 1. The normalized spacial score (nSPS) is 11.2. The maximum absolute atomic E-state index is 11.3. The molecule has 1 aromatic carbocycles. The molecule has 0 N–H and O–H groups in total. The van der Waals surface area contributed by atoms with E-state index < -0.39 is 0 Å². The molecule has 0 aliphatic rings. The lowest BCUT2D eigenvalue weighted by atomic mass is 10.0. The maximum atomic E-state index is 11.3. The Kier molecular flexibility index (Phi) is 4.31. The fourth-order valence-corrected chi connectivity index (χ4v) is 1.88. The predicted molar refractivity (Wildman–Crippen MR) is 80.1 cm³/mol. The van der Waals surface area contributed by atoms with E-state index in [4.69, 9.17) is 0 Å². The van der Waals surface area contributed by atoms with Crippen molar-refractivity contribution < 1.29 is 9.53 Å². The van der Waals surface area contributed by atoms with Crippen LogP contribution in [0, 0.1) is 6.92 Å². The molecule has 0 aliphatic heterocycles. The highest BCUT2D eigenvalue weighted by Gasteiger charge is 2.04. The number of pyridine rings is 1. The first-order chi connectivity index (χ1) is 9.60. The largest absolute Gasteiger partial charge is 0.466 e. The standard InChI is InChI=1S/C17H17NO2/c1-12-4-6-14(7-5-12)16-9-15(10-18-11-16)13(2)8-17(19)20-3/h4-11H,1-3H3/b13-8+. The van der Waals surface area contributed by atoms with Gasteiger partial charge in [0, 0.05) is 24.0 Å². The Balaban J connectivity index is 2.35. The second-order valence-electron chi connectivity index (χ2n) is 4.68. The SMILES string of the molecule is COC(=O)/C=C(\C)c1cncc(-c2ccc(C)cc2)c1. The molecular weight excluding hydrogens is 250 g/mol. The lowest BCUT2D eigenvalue weighted by Crippen LogP contribution is -1.96. The minimum atomic E-state index is -0.358. The number of esters is 1. The summed E-state index contributed by atoms with van der Waals surface area (Å²) in [7, 11) is 1.37. The Morgan fingerprint density at radius 1 is 1.15 bits per heavy atom. The summed E-state index contributed by atoms with van der Waals surface area (Å²) in [6, 6.07) is 10.3. The van der Waals surface area contributed by atoms with Gasteiger partial charge in [-0.3, -0.25) is 4.98 Å². The summed E-state index contributed by atoms with van der Waals surface area (Å²) in [4.78, 5) is 15.5. The summed E-state index contributed by atoms with van der Waals surface area (Å²) in [6.45, 7) is 3.93. The Morgan fingerprint density at radius 2 is 1.85 bits per heavy atom. The van der Waals surface area contributed by atoms with Gasteiger partial charge in [-0.1, -0.05) is 29.8 Å². The third-order valence-corrected chi connectivity index (χ3v) is 3.11. The molecule has 0 radical (unpaired) electrons. The number of hydrogen-bond donors (Lipinski definition) is 0. The van der Waals surface area contributed by atoms with Crippen molar-refractivity contribution in [3.05, 3.63) is 59.9 Å². The maximum Gasteiger partial charge on any atom is 0.330 e. The van der Waals surface area contributed by atoms with Gasteiger partial charge < -0.3 is 4.74 Å². The molecule has 3 nitrogen and oxygen atoms in total. The predicted octanol–water partition coefficient (Wildman–Crippen LogP) is 3.63. The van der Waals surface area contributed by atoms with Crippen molar-refractivity contribution in [2.75, 3.05) is 7.11 Å². The molecule has 2 aromatic rings. The van der Waals surface area contributed by atoms with Crippen molar-refractivity contribution in [2.45, 2.75) is 13.8 Å². The van der Waals surface area contributed by atoms with E-state index in [1.807, 2.05) is 19.2 Å². The Labute approximate surface area is 118 Å². The average Bonchev–Trinajstić information content (AvgIpc) is 2.48. The van der Waals surface area contributed by atoms with Gasteiger partial charge in [-0.15, -0.1) is 0 Å². The van der Waals surface area contributed by atoms with E-state index in [0.29, 0.717) is 0 Å². The first kappa shape index (κ1) is 14.0. The van der Waals surface area contributed by atoms with Crippen molar-refractivity contribution in [3.63, 3.8) is 0 Å². The number of carbonyl (C=O) groups excluding carboxylic acids is 1. The molecule has 1 aromatic heterocycles.